The van der Waals surface area contributed by atoms with Crippen LogP contribution in [0.3, 0.4) is 0 Å². The molecule has 0 aromatic heterocycles. The lowest BCUT2D eigenvalue weighted by molar-refractivity contribution is 0.0925. The molecule has 1 atom stereocenters. The van der Waals surface area contributed by atoms with Gasteiger partial charge in [-0.25, -0.2) is 0 Å². The molecule has 0 heterocycles. The van der Waals surface area contributed by atoms with Gasteiger partial charge in [0.05, 0.1) is 5.56 Å². The van der Waals surface area contributed by atoms with Crippen LogP contribution in [0, 0.1) is 5.92 Å². The Bertz CT molecular complexity index is 361. The molecular weight excluding hydrogens is 200 g/mol. The molecule has 3 heteroatoms. The fourth-order valence-corrected chi connectivity index (χ4v) is 1.69. The third-order valence-electron chi connectivity index (χ3n) is 2.77. The van der Waals surface area contributed by atoms with Gasteiger partial charge in [-0.3, -0.25) is 4.79 Å². The van der Waals surface area contributed by atoms with Gasteiger partial charge in [-0.1, -0.05) is 32.9 Å². The van der Waals surface area contributed by atoms with E-state index in [-0.39, 0.29) is 11.9 Å². The first-order valence-corrected chi connectivity index (χ1v) is 5.71. The van der Waals surface area contributed by atoms with Crippen molar-refractivity contribution in [3.8, 4) is 0 Å². The van der Waals surface area contributed by atoms with Crippen LogP contribution in [0.5, 0.6) is 0 Å². The fraction of sp³-hybridized carbons (Fsp3) is 0.462. The molecule has 3 nitrogen and oxygen atoms in total. The number of carbonyl (C=O) groups is 1. The SMILES string of the molecule is CCC(NC(=O)c1ccccc1N)C(C)C. The van der Waals surface area contributed by atoms with Gasteiger partial charge in [0.1, 0.15) is 0 Å². The van der Waals surface area contributed by atoms with E-state index < -0.39 is 0 Å². The van der Waals surface area contributed by atoms with E-state index >= 15 is 0 Å². The number of hydrogen-bond donors (Lipinski definition) is 2. The second-order valence-corrected chi connectivity index (χ2v) is 4.32. The number of amides is 1. The molecule has 1 aromatic carbocycles. The predicted molar refractivity (Wildman–Crippen MR) is 67.2 cm³/mol. The summed E-state index contributed by atoms with van der Waals surface area (Å²) in [6, 6.07) is 7.34. The largest absolute Gasteiger partial charge is 0.398 e. The van der Waals surface area contributed by atoms with Crippen molar-refractivity contribution in [1.29, 1.82) is 0 Å². The number of carbonyl (C=O) groups excluding carboxylic acids is 1. The lowest BCUT2D eigenvalue weighted by Crippen LogP contribution is -2.38. The summed E-state index contributed by atoms with van der Waals surface area (Å²) in [5.41, 5.74) is 6.84. The Hall–Kier alpha value is -1.51. The quantitative estimate of drug-likeness (QED) is 0.766. The minimum atomic E-state index is -0.0846. The van der Waals surface area contributed by atoms with Crippen LogP contribution in [-0.2, 0) is 0 Å². The molecule has 88 valence electrons. The van der Waals surface area contributed by atoms with Crippen molar-refractivity contribution in [3.63, 3.8) is 0 Å². The maximum absolute atomic E-state index is 11.9. The average molecular weight is 220 g/mol. The highest BCUT2D eigenvalue weighted by Gasteiger charge is 2.16. The number of hydrogen-bond acceptors (Lipinski definition) is 2. The van der Waals surface area contributed by atoms with Crippen molar-refractivity contribution in [2.24, 2.45) is 5.92 Å². The van der Waals surface area contributed by atoms with Gasteiger partial charge in [-0.15, -0.1) is 0 Å². The van der Waals surface area contributed by atoms with E-state index in [4.69, 9.17) is 5.73 Å². The van der Waals surface area contributed by atoms with E-state index in [1.54, 1.807) is 12.1 Å². The minimum absolute atomic E-state index is 0.0846. The van der Waals surface area contributed by atoms with Crippen LogP contribution in [0.2, 0.25) is 0 Å². The molecule has 0 saturated carbocycles. The summed E-state index contributed by atoms with van der Waals surface area (Å²) in [7, 11) is 0. The Kier molecular flexibility index (Phi) is 4.35. The zero-order valence-corrected chi connectivity index (χ0v) is 10.2. The highest BCUT2D eigenvalue weighted by Crippen LogP contribution is 2.12. The van der Waals surface area contributed by atoms with Gasteiger partial charge in [0.2, 0.25) is 0 Å². The highest BCUT2D eigenvalue weighted by molar-refractivity contribution is 5.99. The molecule has 1 rings (SSSR count). The number of nitrogen functional groups attached to an aromatic ring is 1. The van der Waals surface area contributed by atoms with Crippen LogP contribution in [0.15, 0.2) is 24.3 Å². The van der Waals surface area contributed by atoms with Gasteiger partial charge in [0.25, 0.3) is 5.91 Å². The summed E-state index contributed by atoms with van der Waals surface area (Å²) in [5.74, 6) is 0.345. The highest BCUT2D eigenvalue weighted by atomic mass is 16.1. The van der Waals surface area contributed by atoms with Gasteiger partial charge in [-0.2, -0.15) is 0 Å². The molecule has 0 aliphatic heterocycles. The van der Waals surface area contributed by atoms with Crippen molar-refractivity contribution >= 4 is 11.6 Å². The predicted octanol–water partition coefficient (Wildman–Crippen LogP) is 2.43. The number of anilines is 1. The molecule has 0 radical (unpaired) electrons. The first-order chi connectivity index (χ1) is 7.56. The summed E-state index contributed by atoms with van der Waals surface area (Å²) in [6.07, 6.45) is 0.927. The minimum Gasteiger partial charge on any atom is -0.398 e. The normalized spacial score (nSPS) is 12.5. The smallest absolute Gasteiger partial charge is 0.253 e. The number of rotatable bonds is 4. The van der Waals surface area contributed by atoms with Crippen LogP contribution < -0.4 is 11.1 Å². The van der Waals surface area contributed by atoms with E-state index in [1.807, 2.05) is 12.1 Å². The third-order valence-corrected chi connectivity index (χ3v) is 2.77. The molecule has 1 amide bonds. The van der Waals surface area contributed by atoms with Gasteiger partial charge in [-0.05, 0) is 24.5 Å². The van der Waals surface area contributed by atoms with E-state index in [9.17, 15) is 4.79 Å². The first kappa shape index (κ1) is 12.6. The Morgan fingerprint density at radius 2 is 2.00 bits per heavy atom. The summed E-state index contributed by atoms with van der Waals surface area (Å²) >= 11 is 0. The molecule has 0 aliphatic carbocycles. The molecule has 1 aromatic rings. The number of benzene rings is 1. The van der Waals surface area contributed by atoms with E-state index in [1.165, 1.54) is 0 Å². The van der Waals surface area contributed by atoms with Gasteiger partial charge in [0.15, 0.2) is 0 Å². The summed E-state index contributed by atoms with van der Waals surface area (Å²) in [5, 5.41) is 3.00. The maximum atomic E-state index is 11.9. The standard InChI is InChI=1S/C13H20N2O/c1-4-12(9(2)3)15-13(16)10-7-5-6-8-11(10)14/h5-9,12H,4,14H2,1-3H3,(H,15,16). The molecule has 1 unspecified atom stereocenters. The second kappa shape index (κ2) is 5.54. The van der Waals surface area contributed by atoms with Crippen molar-refractivity contribution < 1.29 is 4.79 Å². The van der Waals surface area contributed by atoms with Crippen LogP contribution in [0.1, 0.15) is 37.6 Å². The molecule has 0 saturated heterocycles. The Morgan fingerprint density at radius 3 is 2.50 bits per heavy atom. The number of nitrogens with one attached hydrogen (secondary N) is 1. The van der Waals surface area contributed by atoms with Crippen molar-refractivity contribution in [1.82, 2.24) is 5.32 Å². The number of nitrogens with two attached hydrogens (primary N) is 1. The van der Waals surface area contributed by atoms with E-state index in [0.717, 1.165) is 6.42 Å². The van der Waals surface area contributed by atoms with Gasteiger partial charge >= 0.3 is 0 Å². The zero-order chi connectivity index (χ0) is 12.1. The van der Waals surface area contributed by atoms with Crippen molar-refractivity contribution in [3.05, 3.63) is 29.8 Å². The summed E-state index contributed by atoms with van der Waals surface area (Å²) < 4.78 is 0. The first-order valence-electron chi connectivity index (χ1n) is 5.71. The molecule has 3 N–H and O–H groups in total. The van der Waals surface area contributed by atoms with Crippen molar-refractivity contribution in [2.75, 3.05) is 5.73 Å². The van der Waals surface area contributed by atoms with E-state index in [2.05, 4.69) is 26.1 Å². The summed E-state index contributed by atoms with van der Waals surface area (Å²) in [6.45, 7) is 6.27. The fourth-order valence-electron chi connectivity index (χ4n) is 1.69. The topological polar surface area (TPSA) is 55.1 Å². The van der Waals surface area contributed by atoms with Gasteiger partial charge in [0, 0.05) is 11.7 Å². The Morgan fingerprint density at radius 1 is 1.38 bits per heavy atom. The second-order valence-electron chi connectivity index (χ2n) is 4.32. The molecule has 16 heavy (non-hydrogen) atoms. The maximum Gasteiger partial charge on any atom is 0.253 e. The van der Waals surface area contributed by atoms with Crippen LogP contribution in [0.25, 0.3) is 0 Å². The summed E-state index contributed by atoms with van der Waals surface area (Å²) in [4.78, 5) is 11.9. The Balaban J connectivity index is 2.76. The lowest BCUT2D eigenvalue weighted by atomic mass is 10.0. The van der Waals surface area contributed by atoms with Crippen LogP contribution in [0.4, 0.5) is 5.69 Å². The molecule has 0 aliphatic rings. The number of para-hydroxylation sites is 1. The average Bonchev–Trinajstić information content (AvgIpc) is 2.25. The van der Waals surface area contributed by atoms with Crippen molar-refractivity contribution in [2.45, 2.75) is 33.2 Å². The molecule has 0 bridgehead atoms. The molecular formula is C13H20N2O. The third kappa shape index (κ3) is 2.99. The zero-order valence-electron chi connectivity index (χ0n) is 10.2. The molecule has 0 spiro atoms. The monoisotopic (exact) mass is 220 g/mol. The molecule has 0 fully saturated rings. The van der Waals surface area contributed by atoms with Crippen LogP contribution >= 0.6 is 0 Å². The Labute approximate surface area is 97.0 Å². The van der Waals surface area contributed by atoms with E-state index in [0.29, 0.717) is 17.2 Å². The van der Waals surface area contributed by atoms with Gasteiger partial charge < -0.3 is 11.1 Å². The lowest BCUT2D eigenvalue weighted by Gasteiger charge is -2.21. The van der Waals surface area contributed by atoms with Crippen LogP contribution in [-0.4, -0.2) is 11.9 Å².